The molecule has 0 radical (unpaired) electrons. The smallest absolute Gasteiger partial charge is 0.137 e. The first-order chi connectivity index (χ1) is 8.79. The van der Waals surface area contributed by atoms with E-state index in [2.05, 4.69) is 4.90 Å². The Kier molecular flexibility index (Phi) is 7.49. The molecule has 1 unspecified atom stereocenters. The highest BCUT2D eigenvalue weighted by molar-refractivity contribution is 6.32. The van der Waals surface area contributed by atoms with Crippen molar-refractivity contribution in [2.75, 3.05) is 39.4 Å². The van der Waals surface area contributed by atoms with Crippen molar-refractivity contribution in [2.45, 2.75) is 6.10 Å². The van der Waals surface area contributed by atoms with E-state index in [0.717, 1.165) is 32.0 Å². The van der Waals surface area contributed by atoms with E-state index in [1.54, 1.807) is 0 Å². The molecule has 4 nitrogen and oxygen atoms in total. The zero-order valence-electron chi connectivity index (χ0n) is 10.8. The molecule has 1 aromatic carbocycles. The van der Waals surface area contributed by atoms with E-state index in [1.807, 2.05) is 24.3 Å². The van der Waals surface area contributed by atoms with E-state index >= 15 is 0 Å². The molecule has 1 aliphatic rings. The van der Waals surface area contributed by atoms with Crippen LogP contribution in [0.1, 0.15) is 0 Å². The van der Waals surface area contributed by atoms with Crippen LogP contribution in [-0.4, -0.2) is 50.4 Å². The lowest BCUT2D eigenvalue weighted by Gasteiger charge is -2.32. The van der Waals surface area contributed by atoms with Gasteiger partial charge >= 0.3 is 0 Å². The molecular weight excluding hydrogens is 287 g/mol. The van der Waals surface area contributed by atoms with Gasteiger partial charge in [-0.1, -0.05) is 23.7 Å². The average Bonchev–Trinajstić information content (AvgIpc) is 2.41. The maximum Gasteiger partial charge on any atom is 0.137 e. The van der Waals surface area contributed by atoms with E-state index in [4.69, 9.17) is 26.8 Å². The number of ether oxygens (including phenoxy) is 2. The molecule has 0 aliphatic carbocycles. The maximum absolute atomic E-state index is 6.02. The number of rotatable bonds is 5. The molecule has 1 saturated heterocycles. The molecule has 1 fully saturated rings. The van der Waals surface area contributed by atoms with Crippen molar-refractivity contribution in [3.05, 3.63) is 29.3 Å². The van der Waals surface area contributed by atoms with Crippen LogP contribution < -0.4 is 10.5 Å². The Morgan fingerprint density at radius 1 is 1.42 bits per heavy atom. The van der Waals surface area contributed by atoms with Gasteiger partial charge in [0.1, 0.15) is 12.4 Å². The molecular formula is C13H20Cl2N2O2. The molecule has 108 valence electrons. The first kappa shape index (κ1) is 16.5. The Bertz CT molecular complexity index is 379. The second-order valence-electron chi connectivity index (χ2n) is 4.31. The van der Waals surface area contributed by atoms with Crippen molar-refractivity contribution >= 4 is 24.0 Å². The summed E-state index contributed by atoms with van der Waals surface area (Å²) in [6.07, 6.45) is 0.152. The fraction of sp³-hybridized carbons (Fsp3) is 0.538. The van der Waals surface area contributed by atoms with Crippen LogP contribution >= 0.6 is 24.0 Å². The zero-order chi connectivity index (χ0) is 12.8. The molecule has 19 heavy (non-hydrogen) atoms. The van der Waals surface area contributed by atoms with Gasteiger partial charge in [-0.2, -0.15) is 0 Å². The predicted octanol–water partition coefficient (Wildman–Crippen LogP) is 1.80. The largest absolute Gasteiger partial charge is 0.491 e. The van der Waals surface area contributed by atoms with Crippen LogP contribution in [0.25, 0.3) is 0 Å². The molecule has 0 spiro atoms. The lowest BCUT2D eigenvalue weighted by Crippen LogP contribution is -2.46. The molecule has 1 atom stereocenters. The second kappa shape index (κ2) is 8.61. The molecule has 1 aliphatic heterocycles. The van der Waals surface area contributed by atoms with E-state index in [1.165, 1.54) is 0 Å². The van der Waals surface area contributed by atoms with Crippen LogP contribution in [0.5, 0.6) is 5.75 Å². The van der Waals surface area contributed by atoms with Gasteiger partial charge in [0.25, 0.3) is 0 Å². The summed E-state index contributed by atoms with van der Waals surface area (Å²) in [5, 5.41) is 0.652. The monoisotopic (exact) mass is 306 g/mol. The third kappa shape index (κ3) is 5.16. The third-order valence-electron chi connectivity index (χ3n) is 2.99. The summed E-state index contributed by atoms with van der Waals surface area (Å²) in [6, 6.07) is 7.52. The second-order valence-corrected chi connectivity index (χ2v) is 4.72. The molecule has 1 aromatic rings. The lowest BCUT2D eigenvalue weighted by molar-refractivity contribution is -0.0261. The van der Waals surface area contributed by atoms with Gasteiger partial charge < -0.3 is 15.2 Å². The van der Waals surface area contributed by atoms with Crippen molar-refractivity contribution in [1.29, 1.82) is 0 Å². The zero-order valence-corrected chi connectivity index (χ0v) is 12.3. The quantitative estimate of drug-likeness (QED) is 0.901. The van der Waals surface area contributed by atoms with E-state index in [9.17, 15) is 0 Å². The van der Waals surface area contributed by atoms with Crippen molar-refractivity contribution in [2.24, 2.45) is 5.73 Å². The number of benzene rings is 1. The fourth-order valence-electron chi connectivity index (χ4n) is 1.97. The summed E-state index contributed by atoms with van der Waals surface area (Å²) in [4.78, 5) is 2.30. The Hall–Kier alpha value is -0.520. The Labute approximate surface area is 125 Å². The lowest BCUT2D eigenvalue weighted by atomic mass is 10.3. The van der Waals surface area contributed by atoms with Gasteiger partial charge in [-0.05, 0) is 12.1 Å². The minimum atomic E-state index is 0. The number of nitrogens with zero attached hydrogens (tertiary/aromatic N) is 1. The van der Waals surface area contributed by atoms with Crippen molar-refractivity contribution in [1.82, 2.24) is 4.90 Å². The van der Waals surface area contributed by atoms with Crippen LogP contribution in [0.2, 0.25) is 5.02 Å². The number of hydrogen-bond donors (Lipinski definition) is 1. The average molecular weight is 307 g/mol. The molecule has 2 rings (SSSR count). The topological polar surface area (TPSA) is 47.7 Å². The molecule has 0 aromatic heterocycles. The van der Waals surface area contributed by atoms with Crippen LogP contribution in [0, 0.1) is 0 Å². The van der Waals surface area contributed by atoms with E-state index in [0.29, 0.717) is 18.2 Å². The highest BCUT2D eigenvalue weighted by atomic mass is 35.5. The highest BCUT2D eigenvalue weighted by Crippen LogP contribution is 2.22. The van der Waals surface area contributed by atoms with Crippen LogP contribution in [-0.2, 0) is 4.74 Å². The van der Waals surface area contributed by atoms with Crippen molar-refractivity contribution in [3.63, 3.8) is 0 Å². The van der Waals surface area contributed by atoms with Gasteiger partial charge in [0, 0.05) is 26.2 Å². The summed E-state index contributed by atoms with van der Waals surface area (Å²) in [7, 11) is 0. The molecule has 0 bridgehead atoms. The van der Waals surface area contributed by atoms with Gasteiger partial charge in [-0.3, -0.25) is 4.90 Å². The number of para-hydroxylation sites is 1. The summed E-state index contributed by atoms with van der Waals surface area (Å²) in [5.41, 5.74) is 5.60. The number of halogens is 2. The number of hydrogen-bond acceptors (Lipinski definition) is 4. The third-order valence-corrected chi connectivity index (χ3v) is 3.30. The van der Waals surface area contributed by atoms with Gasteiger partial charge in [0.05, 0.1) is 17.7 Å². The first-order valence-electron chi connectivity index (χ1n) is 6.21. The first-order valence-corrected chi connectivity index (χ1v) is 6.58. The van der Waals surface area contributed by atoms with E-state index < -0.39 is 0 Å². The molecule has 2 N–H and O–H groups in total. The summed E-state index contributed by atoms with van der Waals surface area (Å²) in [5.74, 6) is 0.739. The standard InChI is InChI=1S/C13H19ClN2O2.ClH/c14-12-3-1-2-4-13(12)18-8-6-16-5-7-17-11(9-15)10-16;/h1-4,11H,5-10,15H2;1H. The maximum atomic E-state index is 6.02. The summed E-state index contributed by atoms with van der Waals surface area (Å²) >= 11 is 6.02. The predicted molar refractivity (Wildman–Crippen MR) is 79.4 cm³/mol. The van der Waals surface area contributed by atoms with Gasteiger partial charge in [-0.15, -0.1) is 12.4 Å². The Morgan fingerprint density at radius 3 is 2.95 bits per heavy atom. The minimum absolute atomic E-state index is 0. The minimum Gasteiger partial charge on any atom is -0.491 e. The summed E-state index contributed by atoms with van der Waals surface area (Å²) in [6.45, 7) is 4.62. The number of nitrogens with two attached hydrogens (primary N) is 1. The Balaban J connectivity index is 0.00000180. The SMILES string of the molecule is Cl.NCC1CN(CCOc2ccccc2Cl)CCO1. The van der Waals surface area contributed by atoms with E-state index in [-0.39, 0.29) is 18.5 Å². The summed E-state index contributed by atoms with van der Waals surface area (Å²) < 4.78 is 11.2. The van der Waals surface area contributed by atoms with Crippen molar-refractivity contribution in [3.8, 4) is 5.75 Å². The van der Waals surface area contributed by atoms with Crippen LogP contribution in [0.4, 0.5) is 0 Å². The molecule has 1 heterocycles. The highest BCUT2D eigenvalue weighted by Gasteiger charge is 2.18. The molecule has 0 saturated carbocycles. The van der Waals surface area contributed by atoms with Crippen LogP contribution in [0.15, 0.2) is 24.3 Å². The normalized spacial score (nSPS) is 19.8. The van der Waals surface area contributed by atoms with Crippen molar-refractivity contribution < 1.29 is 9.47 Å². The molecule has 6 heteroatoms. The Morgan fingerprint density at radius 2 is 2.21 bits per heavy atom. The fourth-order valence-corrected chi connectivity index (χ4v) is 2.16. The van der Waals surface area contributed by atoms with Gasteiger partial charge in [0.2, 0.25) is 0 Å². The molecule has 0 amide bonds. The number of morpholine rings is 1. The van der Waals surface area contributed by atoms with Gasteiger partial charge in [-0.25, -0.2) is 0 Å². The van der Waals surface area contributed by atoms with Gasteiger partial charge in [0.15, 0.2) is 0 Å². The van der Waals surface area contributed by atoms with Crippen LogP contribution in [0.3, 0.4) is 0 Å².